The topological polar surface area (TPSA) is 63.7 Å². The van der Waals surface area contributed by atoms with Gasteiger partial charge in [-0.15, -0.1) is 0 Å². The molecule has 0 bridgehead atoms. The molecule has 0 aromatic heterocycles. The number of hydrogen-bond acceptors (Lipinski definition) is 4. The quantitative estimate of drug-likeness (QED) is 0.494. The lowest BCUT2D eigenvalue weighted by molar-refractivity contribution is -0.142. The molecule has 0 aliphatic heterocycles. The molecule has 0 atom stereocenters. The standard InChI is InChI=1S/C12H21NO4/c1-9(2)8-13(6-5-12(16)17-4)11(15)7-10(3)14/h9H,5-8H2,1-4H3. The van der Waals surface area contributed by atoms with Crippen molar-refractivity contribution >= 4 is 17.7 Å². The summed E-state index contributed by atoms with van der Waals surface area (Å²) >= 11 is 0. The second-order valence-corrected chi connectivity index (χ2v) is 4.44. The van der Waals surface area contributed by atoms with Gasteiger partial charge in [0.2, 0.25) is 5.91 Å². The van der Waals surface area contributed by atoms with Crippen LogP contribution >= 0.6 is 0 Å². The van der Waals surface area contributed by atoms with Crippen LogP contribution in [-0.2, 0) is 19.1 Å². The molecule has 0 aliphatic rings. The summed E-state index contributed by atoms with van der Waals surface area (Å²) in [5, 5.41) is 0. The number of methoxy groups -OCH3 is 1. The van der Waals surface area contributed by atoms with Gasteiger partial charge in [-0.1, -0.05) is 13.8 Å². The Kier molecular flexibility index (Phi) is 7.18. The maximum atomic E-state index is 11.7. The monoisotopic (exact) mass is 243 g/mol. The minimum Gasteiger partial charge on any atom is -0.469 e. The average Bonchev–Trinajstić information content (AvgIpc) is 2.21. The molecule has 0 fully saturated rings. The van der Waals surface area contributed by atoms with E-state index >= 15 is 0 Å². The second kappa shape index (κ2) is 7.81. The smallest absolute Gasteiger partial charge is 0.307 e. The zero-order valence-corrected chi connectivity index (χ0v) is 11.0. The summed E-state index contributed by atoms with van der Waals surface area (Å²) in [5.41, 5.74) is 0. The Bertz CT molecular complexity index is 286. The van der Waals surface area contributed by atoms with Crippen LogP contribution in [0.5, 0.6) is 0 Å². The van der Waals surface area contributed by atoms with Crippen molar-refractivity contribution in [3.05, 3.63) is 0 Å². The molecule has 0 rings (SSSR count). The van der Waals surface area contributed by atoms with Gasteiger partial charge in [-0.2, -0.15) is 0 Å². The summed E-state index contributed by atoms with van der Waals surface area (Å²) in [4.78, 5) is 35.2. The Morgan fingerprint density at radius 3 is 2.24 bits per heavy atom. The number of ketones is 1. The number of carbonyl (C=O) groups is 3. The van der Waals surface area contributed by atoms with Crippen LogP contribution in [0.2, 0.25) is 0 Å². The molecule has 0 N–H and O–H groups in total. The van der Waals surface area contributed by atoms with Gasteiger partial charge in [0.1, 0.15) is 5.78 Å². The molecule has 0 unspecified atom stereocenters. The van der Waals surface area contributed by atoms with Gasteiger partial charge in [-0.05, 0) is 12.8 Å². The van der Waals surface area contributed by atoms with Gasteiger partial charge in [0.05, 0.1) is 20.0 Å². The van der Waals surface area contributed by atoms with Crippen molar-refractivity contribution in [2.24, 2.45) is 5.92 Å². The molecule has 98 valence electrons. The first kappa shape index (κ1) is 15.6. The van der Waals surface area contributed by atoms with E-state index in [0.29, 0.717) is 19.0 Å². The van der Waals surface area contributed by atoms with Crippen LogP contribution in [0.3, 0.4) is 0 Å². The predicted octanol–water partition coefficient (Wildman–Crippen LogP) is 1.01. The Labute approximate surface area is 102 Å². The summed E-state index contributed by atoms with van der Waals surface area (Å²) in [6.07, 6.45) is 0.0563. The molecule has 0 saturated heterocycles. The lowest BCUT2D eigenvalue weighted by Gasteiger charge is -2.23. The molecule has 0 aromatic rings. The number of Topliss-reactive ketones (excluding diaryl/α,β-unsaturated/α-hetero) is 1. The Balaban J connectivity index is 4.36. The van der Waals surface area contributed by atoms with Crippen molar-refractivity contribution in [3.8, 4) is 0 Å². The van der Waals surface area contributed by atoms with Crippen LogP contribution in [0.25, 0.3) is 0 Å². The van der Waals surface area contributed by atoms with Crippen molar-refractivity contribution in [2.75, 3.05) is 20.2 Å². The Morgan fingerprint density at radius 2 is 1.82 bits per heavy atom. The van der Waals surface area contributed by atoms with Crippen LogP contribution in [0.15, 0.2) is 0 Å². The molecular weight excluding hydrogens is 222 g/mol. The van der Waals surface area contributed by atoms with Crippen molar-refractivity contribution < 1.29 is 19.1 Å². The van der Waals surface area contributed by atoms with Crippen molar-refractivity contribution in [2.45, 2.75) is 33.6 Å². The van der Waals surface area contributed by atoms with E-state index in [9.17, 15) is 14.4 Å². The van der Waals surface area contributed by atoms with E-state index in [2.05, 4.69) is 4.74 Å². The molecule has 0 spiro atoms. The van der Waals surface area contributed by atoms with Crippen molar-refractivity contribution in [3.63, 3.8) is 0 Å². The van der Waals surface area contributed by atoms with Gasteiger partial charge >= 0.3 is 5.97 Å². The summed E-state index contributed by atoms with van der Waals surface area (Å²) in [7, 11) is 1.31. The van der Waals surface area contributed by atoms with Crippen LogP contribution in [0.1, 0.15) is 33.6 Å². The third kappa shape index (κ3) is 7.49. The highest BCUT2D eigenvalue weighted by Gasteiger charge is 2.17. The number of rotatable bonds is 7. The van der Waals surface area contributed by atoms with Gasteiger partial charge in [0.15, 0.2) is 0 Å². The number of esters is 1. The number of ether oxygens (including phenoxy) is 1. The minimum absolute atomic E-state index is 0.103. The predicted molar refractivity (Wildman–Crippen MR) is 63.3 cm³/mol. The van der Waals surface area contributed by atoms with Crippen LogP contribution in [0.4, 0.5) is 0 Å². The zero-order chi connectivity index (χ0) is 13.4. The third-order valence-electron chi connectivity index (χ3n) is 2.15. The van der Waals surface area contributed by atoms with E-state index in [1.165, 1.54) is 14.0 Å². The molecule has 0 saturated carbocycles. The van der Waals surface area contributed by atoms with Crippen LogP contribution < -0.4 is 0 Å². The first-order valence-corrected chi connectivity index (χ1v) is 5.70. The SMILES string of the molecule is COC(=O)CCN(CC(C)C)C(=O)CC(C)=O. The largest absolute Gasteiger partial charge is 0.469 e. The highest BCUT2D eigenvalue weighted by Crippen LogP contribution is 2.04. The number of nitrogens with zero attached hydrogens (tertiary/aromatic N) is 1. The van der Waals surface area contributed by atoms with Crippen LogP contribution in [0, 0.1) is 5.92 Å². The lowest BCUT2D eigenvalue weighted by Crippen LogP contribution is -2.36. The fourth-order valence-electron chi connectivity index (χ4n) is 1.41. The fraction of sp³-hybridized carbons (Fsp3) is 0.750. The normalized spacial score (nSPS) is 10.2. The molecule has 0 heterocycles. The molecule has 1 amide bonds. The first-order valence-electron chi connectivity index (χ1n) is 5.70. The molecule has 0 radical (unpaired) electrons. The number of hydrogen-bond donors (Lipinski definition) is 0. The summed E-state index contributed by atoms with van der Waals surface area (Å²) in [5.74, 6) is -0.449. The maximum absolute atomic E-state index is 11.7. The molecule has 0 aromatic carbocycles. The Morgan fingerprint density at radius 1 is 1.24 bits per heavy atom. The lowest BCUT2D eigenvalue weighted by atomic mass is 10.2. The van der Waals surface area contributed by atoms with Crippen LogP contribution in [-0.4, -0.2) is 42.8 Å². The molecule has 0 aliphatic carbocycles. The summed E-state index contributed by atoms with van der Waals surface area (Å²) in [6.45, 7) is 6.18. The van der Waals surface area contributed by atoms with Crippen molar-refractivity contribution in [1.82, 2.24) is 4.90 Å². The minimum atomic E-state index is -0.352. The molecule has 5 nitrogen and oxygen atoms in total. The van der Waals surface area contributed by atoms with Gasteiger partial charge in [-0.3, -0.25) is 14.4 Å². The van der Waals surface area contributed by atoms with Gasteiger partial charge in [0, 0.05) is 13.1 Å². The fourth-order valence-corrected chi connectivity index (χ4v) is 1.41. The summed E-state index contributed by atoms with van der Waals surface area (Å²) in [6, 6.07) is 0. The van der Waals surface area contributed by atoms with E-state index in [1.807, 2.05) is 13.8 Å². The van der Waals surface area contributed by atoms with Gasteiger partial charge < -0.3 is 9.64 Å². The highest BCUT2D eigenvalue weighted by molar-refractivity contribution is 5.96. The zero-order valence-electron chi connectivity index (χ0n) is 11.0. The molecule has 5 heteroatoms. The van der Waals surface area contributed by atoms with E-state index in [0.717, 1.165) is 0 Å². The first-order chi connectivity index (χ1) is 7.86. The van der Waals surface area contributed by atoms with Gasteiger partial charge in [0.25, 0.3) is 0 Å². The molecule has 17 heavy (non-hydrogen) atoms. The van der Waals surface area contributed by atoms with Crippen molar-refractivity contribution in [1.29, 1.82) is 0 Å². The number of carbonyl (C=O) groups excluding carboxylic acids is 3. The average molecular weight is 243 g/mol. The Hall–Kier alpha value is -1.39. The van der Waals surface area contributed by atoms with E-state index in [-0.39, 0.29) is 30.5 Å². The third-order valence-corrected chi connectivity index (χ3v) is 2.15. The van der Waals surface area contributed by atoms with E-state index in [1.54, 1.807) is 4.90 Å². The van der Waals surface area contributed by atoms with E-state index < -0.39 is 0 Å². The second-order valence-electron chi connectivity index (χ2n) is 4.44. The molecular formula is C12H21NO4. The van der Waals surface area contributed by atoms with E-state index in [4.69, 9.17) is 0 Å². The number of amides is 1. The summed E-state index contributed by atoms with van der Waals surface area (Å²) < 4.78 is 4.52. The highest BCUT2D eigenvalue weighted by atomic mass is 16.5. The maximum Gasteiger partial charge on any atom is 0.307 e. The van der Waals surface area contributed by atoms with Gasteiger partial charge in [-0.25, -0.2) is 0 Å².